The van der Waals surface area contributed by atoms with Crippen LogP contribution in [0, 0.1) is 0 Å². The number of methoxy groups -OCH3 is 1. The number of rotatable bonds is 5. The molecular weight excluding hydrogens is 402 g/mol. The molecule has 144 valence electrons. The van der Waals surface area contributed by atoms with Gasteiger partial charge >= 0.3 is 0 Å². The summed E-state index contributed by atoms with van der Waals surface area (Å²) in [6, 6.07) is 4.18. The minimum absolute atomic E-state index is 0. The third-order valence-electron chi connectivity index (χ3n) is 4.08. The molecule has 0 spiro atoms. The zero-order chi connectivity index (χ0) is 18.0. The van der Waals surface area contributed by atoms with Crippen molar-refractivity contribution >= 4 is 51.1 Å². The summed E-state index contributed by atoms with van der Waals surface area (Å²) in [5.41, 5.74) is 6.70. The van der Waals surface area contributed by atoms with Crippen molar-refractivity contribution in [2.45, 2.75) is 10.9 Å². The molecule has 2 aliphatic heterocycles. The number of hydrogen-bond donors (Lipinski definition) is 1. The van der Waals surface area contributed by atoms with Crippen LogP contribution in [0.4, 0.5) is 11.4 Å². The van der Waals surface area contributed by atoms with Gasteiger partial charge in [-0.2, -0.15) is 13.0 Å². The first-order valence-corrected chi connectivity index (χ1v) is 9.87. The molecule has 9 nitrogen and oxygen atoms in total. The summed E-state index contributed by atoms with van der Waals surface area (Å²) in [7, 11) is -2.22. The highest BCUT2D eigenvalue weighted by Crippen LogP contribution is 2.38. The van der Waals surface area contributed by atoms with Gasteiger partial charge < -0.3 is 15.4 Å². The van der Waals surface area contributed by atoms with Gasteiger partial charge in [-0.1, -0.05) is 6.07 Å². The van der Waals surface area contributed by atoms with E-state index in [1.165, 1.54) is 17.5 Å². The Labute approximate surface area is 161 Å². The fourth-order valence-corrected chi connectivity index (χ4v) is 4.94. The van der Waals surface area contributed by atoms with E-state index in [1.807, 2.05) is 0 Å². The van der Waals surface area contributed by atoms with Crippen LogP contribution in [0.3, 0.4) is 0 Å². The zero-order valence-electron chi connectivity index (χ0n) is 14.1. The van der Waals surface area contributed by atoms with Crippen LogP contribution in [0.15, 0.2) is 31.8 Å². The number of nitrogens with zero attached hydrogens (tertiary/aromatic N) is 4. The third-order valence-corrected chi connectivity index (χ3v) is 6.55. The summed E-state index contributed by atoms with van der Waals surface area (Å²) in [6.45, 7) is 1.14. The van der Waals surface area contributed by atoms with Crippen molar-refractivity contribution in [1.29, 1.82) is 0 Å². The highest BCUT2D eigenvalue weighted by molar-refractivity contribution is 7.89. The number of sulfonamides is 1. The molecule has 0 saturated carbocycles. The molecule has 1 aromatic carbocycles. The van der Waals surface area contributed by atoms with Gasteiger partial charge in [0.05, 0.1) is 18.0 Å². The van der Waals surface area contributed by atoms with Crippen molar-refractivity contribution in [2.75, 3.05) is 39.9 Å². The first kappa shape index (κ1) is 20.9. The highest BCUT2D eigenvalue weighted by atomic mass is 35.5. The van der Waals surface area contributed by atoms with E-state index in [9.17, 15) is 13.2 Å². The number of carbonyl (C=O) groups excluding carboxylic acids is 1. The third kappa shape index (κ3) is 3.97. The summed E-state index contributed by atoms with van der Waals surface area (Å²) in [6.07, 6.45) is 0. The Kier molecular flexibility index (Phi) is 6.88. The van der Waals surface area contributed by atoms with Crippen molar-refractivity contribution in [3.63, 3.8) is 0 Å². The average Bonchev–Trinajstić information content (AvgIpc) is 3.10. The molecule has 2 aliphatic rings. The van der Waals surface area contributed by atoms with Gasteiger partial charge in [0.15, 0.2) is 0 Å². The second-order valence-electron chi connectivity index (χ2n) is 5.68. The van der Waals surface area contributed by atoms with Crippen LogP contribution in [0.2, 0.25) is 0 Å². The van der Waals surface area contributed by atoms with E-state index in [-0.39, 0.29) is 42.9 Å². The van der Waals surface area contributed by atoms with Gasteiger partial charge in [-0.05, 0) is 12.1 Å². The highest BCUT2D eigenvalue weighted by Gasteiger charge is 2.33. The van der Waals surface area contributed by atoms with Gasteiger partial charge in [0, 0.05) is 33.3 Å². The van der Waals surface area contributed by atoms with Gasteiger partial charge in [0.25, 0.3) is 0 Å². The van der Waals surface area contributed by atoms with Gasteiger partial charge in [-0.15, -0.1) is 12.4 Å². The van der Waals surface area contributed by atoms with Gasteiger partial charge in [0.1, 0.15) is 22.3 Å². The number of carbonyl (C=O) groups is 1. The number of hydrogen-bond acceptors (Lipinski definition) is 7. The number of amides is 1. The van der Waals surface area contributed by atoms with Crippen molar-refractivity contribution in [2.24, 2.45) is 14.5 Å². The Balaban J connectivity index is 0.00000243. The Hall–Kier alpha value is -1.37. The Morgan fingerprint density at radius 2 is 2.00 bits per heavy atom. The molecule has 2 N–H and O–H groups in total. The molecule has 12 heteroatoms. The van der Waals surface area contributed by atoms with Gasteiger partial charge in [0.2, 0.25) is 15.9 Å². The Bertz CT molecular complexity index is 849. The maximum atomic E-state index is 12.9. The van der Waals surface area contributed by atoms with E-state index < -0.39 is 16.1 Å². The molecule has 0 aliphatic carbocycles. The minimum atomic E-state index is -3.69. The first-order valence-electron chi connectivity index (χ1n) is 7.70. The van der Waals surface area contributed by atoms with Crippen LogP contribution in [0.5, 0.6) is 0 Å². The Morgan fingerprint density at radius 3 is 2.65 bits per heavy atom. The first-order chi connectivity index (χ1) is 11.9. The van der Waals surface area contributed by atoms with Crippen LogP contribution < -0.4 is 5.73 Å². The smallest absolute Gasteiger partial charge is 0.245 e. The largest absolute Gasteiger partial charge is 0.383 e. The maximum absolute atomic E-state index is 12.9. The van der Waals surface area contributed by atoms with Crippen LogP contribution in [0.1, 0.15) is 0 Å². The van der Waals surface area contributed by atoms with Crippen molar-refractivity contribution in [3.8, 4) is 0 Å². The summed E-state index contributed by atoms with van der Waals surface area (Å²) < 4.78 is 40.3. The molecule has 1 amide bonds. The SMILES string of the molecule is COCC(N)C(=O)N1CCN(S(=O)(=O)c2cccc3c2N=S=N3)CC1.Cl. The van der Waals surface area contributed by atoms with Gasteiger partial charge in [-0.25, -0.2) is 8.42 Å². The zero-order valence-corrected chi connectivity index (χ0v) is 16.5. The summed E-state index contributed by atoms with van der Waals surface area (Å²) in [4.78, 5) is 13.9. The van der Waals surface area contributed by atoms with Crippen molar-refractivity contribution in [3.05, 3.63) is 18.2 Å². The van der Waals surface area contributed by atoms with E-state index in [0.717, 1.165) is 11.4 Å². The summed E-state index contributed by atoms with van der Waals surface area (Å²) in [5.74, 6) is -0.232. The molecule has 0 bridgehead atoms. The maximum Gasteiger partial charge on any atom is 0.245 e. The predicted octanol–water partition coefficient (Wildman–Crippen LogP) is 0.641. The van der Waals surface area contributed by atoms with Crippen LogP contribution >= 0.6 is 12.4 Å². The molecule has 1 atom stereocenters. The van der Waals surface area contributed by atoms with E-state index in [2.05, 4.69) is 8.73 Å². The molecule has 1 fully saturated rings. The number of nitrogens with two attached hydrogens (primary N) is 1. The topological polar surface area (TPSA) is 118 Å². The number of benzene rings is 1. The number of halogens is 1. The van der Waals surface area contributed by atoms with E-state index in [0.29, 0.717) is 24.5 Å². The van der Waals surface area contributed by atoms with Crippen LogP contribution in [0.25, 0.3) is 0 Å². The molecule has 0 aromatic heterocycles. The normalized spacial score (nSPS) is 18.0. The number of ether oxygens (including phenoxy) is 1. The fraction of sp³-hybridized carbons (Fsp3) is 0.500. The lowest BCUT2D eigenvalue weighted by atomic mass is 10.2. The second kappa shape index (κ2) is 8.55. The second-order valence-corrected chi connectivity index (χ2v) is 8.11. The molecule has 3 rings (SSSR count). The number of fused-ring (bicyclic) bond motifs is 1. The Morgan fingerprint density at radius 1 is 1.31 bits per heavy atom. The van der Waals surface area contributed by atoms with Crippen molar-refractivity contribution in [1.82, 2.24) is 9.21 Å². The van der Waals surface area contributed by atoms with Crippen LogP contribution in [-0.2, 0) is 30.9 Å². The molecule has 1 aromatic rings. The predicted molar refractivity (Wildman–Crippen MR) is 100 cm³/mol. The molecule has 1 saturated heterocycles. The molecule has 1 unspecified atom stereocenters. The average molecular weight is 422 g/mol. The lowest BCUT2D eigenvalue weighted by Gasteiger charge is -2.35. The summed E-state index contributed by atoms with van der Waals surface area (Å²) in [5, 5.41) is 0. The molecular formula is C14H20ClN5O4S2. The molecule has 2 heterocycles. The lowest BCUT2D eigenvalue weighted by molar-refractivity contribution is -0.134. The van der Waals surface area contributed by atoms with Crippen molar-refractivity contribution < 1.29 is 17.9 Å². The quantitative estimate of drug-likeness (QED) is 0.760. The van der Waals surface area contributed by atoms with E-state index in [1.54, 1.807) is 17.0 Å². The monoisotopic (exact) mass is 421 g/mol. The molecule has 0 radical (unpaired) electrons. The van der Waals surface area contributed by atoms with E-state index >= 15 is 0 Å². The van der Waals surface area contributed by atoms with Gasteiger partial charge in [-0.3, -0.25) is 4.79 Å². The lowest BCUT2D eigenvalue weighted by Crippen LogP contribution is -2.55. The van der Waals surface area contributed by atoms with Crippen LogP contribution in [-0.4, -0.2) is 69.5 Å². The summed E-state index contributed by atoms with van der Waals surface area (Å²) >= 11 is 0.980. The molecule has 26 heavy (non-hydrogen) atoms. The number of piperazine rings is 1. The van der Waals surface area contributed by atoms with E-state index in [4.69, 9.17) is 10.5 Å². The fourth-order valence-electron chi connectivity index (χ4n) is 2.76. The standard InChI is InChI=1S/C14H19N5O4S2.ClH/c1-23-9-10(15)14(20)18-5-7-19(8-6-18)25(21,22)12-4-2-3-11-13(12)17-24-16-11;/h2-4,10H,5-9,15H2,1H3;1H. The minimum Gasteiger partial charge on any atom is -0.383 e.